The van der Waals surface area contributed by atoms with Crippen molar-refractivity contribution in [3.05, 3.63) is 81.8 Å². The van der Waals surface area contributed by atoms with Crippen molar-refractivity contribution in [2.45, 2.75) is 6.18 Å². The summed E-state index contributed by atoms with van der Waals surface area (Å²) in [5.41, 5.74) is 1.03. The maximum atomic E-state index is 12.4. The Kier molecular flexibility index (Phi) is 5.84. The van der Waals surface area contributed by atoms with Gasteiger partial charge in [-0.05, 0) is 53.6 Å². The van der Waals surface area contributed by atoms with Gasteiger partial charge in [-0.2, -0.15) is 13.2 Å². The third-order valence-electron chi connectivity index (χ3n) is 2.93. The SMILES string of the molecule is FC(F)(F)c1ccc(/C=C\C#C/C=C\c2ccccc2Br)cc1. The summed E-state index contributed by atoms with van der Waals surface area (Å²) in [4.78, 5) is 0. The molecule has 0 N–H and O–H groups in total. The number of hydrogen-bond acceptors (Lipinski definition) is 0. The minimum absolute atomic E-state index is 0.655. The Morgan fingerprint density at radius 1 is 0.826 bits per heavy atom. The first-order valence-electron chi connectivity index (χ1n) is 6.73. The Bertz CT molecular complexity index is 773. The van der Waals surface area contributed by atoms with E-state index in [0.29, 0.717) is 5.56 Å². The highest BCUT2D eigenvalue weighted by Crippen LogP contribution is 2.29. The Hall–Kier alpha value is -2.25. The quantitative estimate of drug-likeness (QED) is 0.547. The highest BCUT2D eigenvalue weighted by atomic mass is 79.9. The molecule has 0 amide bonds. The van der Waals surface area contributed by atoms with Crippen molar-refractivity contribution in [2.75, 3.05) is 0 Å². The molecule has 2 aromatic rings. The van der Waals surface area contributed by atoms with Crippen LogP contribution in [0.25, 0.3) is 12.2 Å². The molecule has 4 heteroatoms. The molecule has 2 aromatic carbocycles. The molecule has 0 saturated carbocycles. The van der Waals surface area contributed by atoms with Gasteiger partial charge in [0, 0.05) is 4.47 Å². The lowest BCUT2D eigenvalue weighted by molar-refractivity contribution is -0.137. The van der Waals surface area contributed by atoms with Gasteiger partial charge in [0.2, 0.25) is 0 Å². The van der Waals surface area contributed by atoms with Crippen LogP contribution in [0.1, 0.15) is 16.7 Å². The van der Waals surface area contributed by atoms with Gasteiger partial charge in [-0.25, -0.2) is 0 Å². The minimum Gasteiger partial charge on any atom is -0.166 e. The summed E-state index contributed by atoms with van der Waals surface area (Å²) in [7, 11) is 0. The predicted octanol–water partition coefficient (Wildman–Crippen LogP) is 6.20. The molecule has 0 nitrogen and oxygen atoms in total. The van der Waals surface area contributed by atoms with Gasteiger partial charge in [-0.15, -0.1) is 0 Å². The summed E-state index contributed by atoms with van der Waals surface area (Å²) < 4.78 is 38.3. The first-order valence-corrected chi connectivity index (χ1v) is 7.52. The van der Waals surface area contributed by atoms with Gasteiger partial charge in [-0.3, -0.25) is 0 Å². The number of alkyl halides is 3. The average Bonchev–Trinajstić information content (AvgIpc) is 2.52. The van der Waals surface area contributed by atoms with E-state index < -0.39 is 11.7 Å². The fourth-order valence-electron chi connectivity index (χ4n) is 1.76. The van der Waals surface area contributed by atoms with E-state index in [2.05, 4.69) is 27.8 Å². The van der Waals surface area contributed by atoms with Crippen LogP contribution in [0.3, 0.4) is 0 Å². The molecule has 0 saturated heterocycles. The molecule has 0 aliphatic rings. The Labute approximate surface area is 141 Å². The summed E-state index contributed by atoms with van der Waals surface area (Å²) in [6, 6.07) is 12.7. The molecular weight excluding hydrogens is 365 g/mol. The molecule has 116 valence electrons. The van der Waals surface area contributed by atoms with Gasteiger partial charge in [0.15, 0.2) is 0 Å². The molecule has 0 unspecified atom stereocenters. The van der Waals surface area contributed by atoms with E-state index in [-0.39, 0.29) is 0 Å². The zero-order valence-electron chi connectivity index (χ0n) is 11.9. The third-order valence-corrected chi connectivity index (χ3v) is 3.65. The molecule has 0 spiro atoms. The van der Waals surface area contributed by atoms with E-state index in [9.17, 15) is 13.2 Å². The summed E-state index contributed by atoms with van der Waals surface area (Å²) in [5.74, 6) is 5.66. The third kappa shape index (κ3) is 5.46. The van der Waals surface area contributed by atoms with Crippen LogP contribution in [0.2, 0.25) is 0 Å². The van der Waals surface area contributed by atoms with Crippen LogP contribution in [-0.4, -0.2) is 0 Å². The van der Waals surface area contributed by atoms with Crippen LogP contribution in [-0.2, 0) is 6.18 Å². The van der Waals surface area contributed by atoms with Crippen molar-refractivity contribution in [2.24, 2.45) is 0 Å². The maximum absolute atomic E-state index is 12.4. The zero-order chi connectivity index (χ0) is 16.7. The molecule has 0 aliphatic carbocycles. The predicted molar refractivity (Wildman–Crippen MR) is 91.4 cm³/mol. The van der Waals surface area contributed by atoms with E-state index in [0.717, 1.165) is 22.2 Å². The summed E-state index contributed by atoms with van der Waals surface area (Å²) >= 11 is 3.44. The number of rotatable bonds is 2. The summed E-state index contributed by atoms with van der Waals surface area (Å²) in [5, 5.41) is 0. The summed E-state index contributed by atoms with van der Waals surface area (Å²) in [6.07, 6.45) is 2.56. The Morgan fingerprint density at radius 3 is 2.04 bits per heavy atom. The lowest BCUT2D eigenvalue weighted by Crippen LogP contribution is -2.03. The van der Waals surface area contributed by atoms with Gasteiger partial charge in [0.25, 0.3) is 0 Å². The molecule has 2 rings (SSSR count). The fourth-order valence-corrected chi connectivity index (χ4v) is 2.18. The highest BCUT2D eigenvalue weighted by molar-refractivity contribution is 9.10. The second-order valence-electron chi connectivity index (χ2n) is 4.60. The number of allylic oxidation sites excluding steroid dienone is 2. The maximum Gasteiger partial charge on any atom is 0.416 e. The minimum atomic E-state index is -4.31. The highest BCUT2D eigenvalue weighted by Gasteiger charge is 2.29. The van der Waals surface area contributed by atoms with Gasteiger partial charge in [0.1, 0.15) is 0 Å². The number of halogens is 4. The monoisotopic (exact) mass is 376 g/mol. The van der Waals surface area contributed by atoms with E-state index in [4.69, 9.17) is 0 Å². The molecule has 0 radical (unpaired) electrons. The van der Waals surface area contributed by atoms with E-state index >= 15 is 0 Å². The second kappa shape index (κ2) is 7.85. The van der Waals surface area contributed by atoms with Gasteiger partial charge in [-0.1, -0.05) is 58.1 Å². The van der Waals surface area contributed by atoms with Crippen LogP contribution in [0.15, 0.2) is 65.2 Å². The van der Waals surface area contributed by atoms with Crippen molar-refractivity contribution in [1.82, 2.24) is 0 Å². The van der Waals surface area contributed by atoms with Crippen LogP contribution in [0, 0.1) is 11.8 Å². The lowest BCUT2D eigenvalue weighted by Gasteiger charge is -2.05. The van der Waals surface area contributed by atoms with E-state index in [1.807, 2.05) is 30.3 Å². The van der Waals surface area contributed by atoms with Crippen molar-refractivity contribution < 1.29 is 13.2 Å². The molecule has 0 fully saturated rings. The van der Waals surface area contributed by atoms with Gasteiger partial charge >= 0.3 is 6.18 Å². The van der Waals surface area contributed by atoms with Crippen LogP contribution in [0.5, 0.6) is 0 Å². The van der Waals surface area contributed by atoms with Crippen molar-refractivity contribution in [1.29, 1.82) is 0 Å². The molecule has 0 aliphatic heterocycles. The van der Waals surface area contributed by atoms with Crippen molar-refractivity contribution in [3.8, 4) is 11.8 Å². The summed E-state index contributed by atoms with van der Waals surface area (Å²) in [6.45, 7) is 0. The molecule has 23 heavy (non-hydrogen) atoms. The average molecular weight is 377 g/mol. The number of hydrogen-bond donors (Lipinski definition) is 0. The number of benzene rings is 2. The largest absolute Gasteiger partial charge is 0.416 e. The van der Waals surface area contributed by atoms with Crippen molar-refractivity contribution >= 4 is 28.1 Å². The molecule has 0 atom stereocenters. The molecule has 0 aromatic heterocycles. The zero-order valence-corrected chi connectivity index (χ0v) is 13.5. The first kappa shape index (κ1) is 17.1. The van der Waals surface area contributed by atoms with Gasteiger partial charge in [0.05, 0.1) is 5.56 Å². The van der Waals surface area contributed by atoms with Crippen LogP contribution in [0.4, 0.5) is 13.2 Å². The Morgan fingerprint density at radius 2 is 1.43 bits per heavy atom. The Balaban J connectivity index is 1.96. The van der Waals surface area contributed by atoms with Crippen LogP contribution >= 0.6 is 15.9 Å². The van der Waals surface area contributed by atoms with Crippen LogP contribution < -0.4 is 0 Å². The fraction of sp³-hybridized carbons (Fsp3) is 0.0526. The molecular formula is C19H12BrF3. The lowest BCUT2D eigenvalue weighted by atomic mass is 10.1. The second-order valence-corrected chi connectivity index (χ2v) is 5.45. The van der Waals surface area contributed by atoms with E-state index in [1.165, 1.54) is 12.1 Å². The normalized spacial score (nSPS) is 11.7. The van der Waals surface area contributed by atoms with Gasteiger partial charge < -0.3 is 0 Å². The van der Waals surface area contributed by atoms with E-state index in [1.54, 1.807) is 18.2 Å². The topological polar surface area (TPSA) is 0 Å². The molecule has 0 heterocycles. The smallest absolute Gasteiger partial charge is 0.166 e. The van der Waals surface area contributed by atoms with Crippen molar-refractivity contribution in [3.63, 3.8) is 0 Å². The first-order chi connectivity index (χ1) is 11.0. The molecule has 0 bridgehead atoms. The standard InChI is InChI=1S/C19H12BrF3/c20-18-10-6-5-9-16(18)8-4-2-1-3-7-15-11-13-17(14-12-15)19(21,22)23/h3-14H/b7-3-,8-4-.